The third-order valence-electron chi connectivity index (χ3n) is 3.62. The van der Waals surface area contributed by atoms with E-state index in [1.165, 1.54) is 36.4 Å². The Morgan fingerprint density at radius 3 is 2.46 bits per heavy atom. The molecule has 0 unspecified atom stereocenters. The molecule has 28 heavy (non-hydrogen) atoms. The van der Waals surface area contributed by atoms with Gasteiger partial charge in [0, 0.05) is 17.8 Å². The average Bonchev–Trinajstić information content (AvgIpc) is 2.62. The molecule has 0 radical (unpaired) electrons. The standard InChI is InChI=1S/C18H21N3O5S2/c1-4-10-19-28(25,26)16-7-5-6-14(11-16)18(22)20-15-9-8-13(2)17(12-15)21-27(3,23)24/h4-9,11-12,19,21H,1,10H2,2-3H3,(H,20,22). The Balaban J connectivity index is 2.25. The number of carbonyl (C=O) groups excluding carboxylic acids is 1. The lowest BCUT2D eigenvalue weighted by molar-refractivity contribution is 0.102. The Morgan fingerprint density at radius 2 is 1.82 bits per heavy atom. The van der Waals surface area contributed by atoms with Gasteiger partial charge < -0.3 is 5.32 Å². The van der Waals surface area contributed by atoms with Crippen molar-refractivity contribution in [2.45, 2.75) is 11.8 Å². The fourth-order valence-electron chi connectivity index (χ4n) is 2.27. The van der Waals surface area contributed by atoms with Crippen LogP contribution in [0.4, 0.5) is 11.4 Å². The first kappa shape index (κ1) is 21.6. The number of anilines is 2. The van der Waals surface area contributed by atoms with Gasteiger partial charge in [-0.2, -0.15) is 0 Å². The van der Waals surface area contributed by atoms with Gasteiger partial charge in [0.05, 0.1) is 16.8 Å². The first-order valence-corrected chi connectivity index (χ1v) is 11.5. The Hall–Kier alpha value is -2.69. The average molecular weight is 424 g/mol. The van der Waals surface area contributed by atoms with Crippen LogP contribution in [0, 0.1) is 6.92 Å². The summed E-state index contributed by atoms with van der Waals surface area (Å²) in [5.74, 6) is -0.532. The molecule has 0 atom stereocenters. The number of amides is 1. The molecule has 10 heteroatoms. The van der Waals surface area contributed by atoms with Gasteiger partial charge in [-0.05, 0) is 42.8 Å². The summed E-state index contributed by atoms with van der Waals surface area (Å²) in [6.07, 6.45) is 2.44. The van der Waals surface area contributed by atoms with Crippen molar-refractivity contribution in [2.75, 3.05) is 22.8 Å². The number of hydrogen-bond donors (Lipinski definition) is 3. The molecule has 0 aliphatic carbocycles. The highest BCUT2D eigenvalue weighted by Gasteiger charge is 2.16. The van der Waals surface area contributed by atoms with Crippen LogP contribution < -0.4 is 14.8 Å². The monoisotopic (exact) mass is 423 g/mol. The van der Waals surface area contributed by atoms with Gasteiger partial charge in [0.15, 0.2) is 0 Å². The van der Waals surface area contributed by atoms with Crippen LogP contribution in [0.15, 0.2) is 60.0 Å². The third kappa shape index (κ3) is 5.91. The summed E-state index contributed by atoms with van der Waals surface area (Å²) in [7, 11) is -7.23. The molecular weight excluding hydrogens is 402 g/mol. The highest BCUT2D eigenvalue weighted by molar-refractivity contribution is 7.92. The molecule has 0 aliphatic rings. The number of benzene rings is 2. The number of nitrogens with one attached hydrogen (secondary N) is 3. The maximum Gasteiger partial charge on any atom is 0.255 e. The minimum Gasteiger partial charge on any atom is -0.322 e. The normalized spacial score (nSPS) is 11.6. The van der Waals surface area contributed by atoms with E-state index < -0.39 is 26.0 Å². The first-order valence-electron chi connectivity index (χ1n) is 8.12. The number of sulfonamides is 2. The van der Waals surface area contributed by atoms with E-state index in [1.807, 2.05) is 0 Å². The molecule has 2 aromatic rings. The molecule has 8 nitrogen and oxygen atoms in total. The van der Waals surface area contributed by atoms with E-state index >= 15 is 0 Å². The van der Waals surface area contributed by atoms with Crippen molar-refractivity contribution in [3.63, 3.8) is 0 Å². The van der Waals surface area contributed by atoms with Crippen molar-refractivity contribution < 1.29 is 21.6 Å². The number of carbonyl (C=O) groups is 1. The SMILES string of the molecule is C=CCNS(=O)(=O)c1cccc(C(=O)Nc2ccc(C)c(NS(C)(=O)=O)c2)c1. The molecular formula is C18H21N3O5S2. The smallest absolute Gasteiger partial charge is 0.255 e. The van der Waals surface area contributed by atoms with Crippen molar-refractivity contribution in [3.8, 4) is 0 Å². The lowest BCUT2D eigenvalue weighted by Crippen LogP contribution is -2.24. The largest absolute Gasteiger partial charge is 0.322 e. The zero-order valence-corrected chi connectivity index (χ0v) is 17.0. The van der Waals surface area contributed by atoms with Crippen molar-refractivity contribution in [1.29, 1.82) is 0 Å². The van der Waals surface area contributed by atoms with Crippen molar-refractivity contribution in [1.82, 2.24) is 4.72 Å². The second-order valence-corrected chi connectivity index (χ2v) is 9.54. The topological polar surface area (TPSA) is 121 Å². The minimum absolute atomic E-state index is 0.0506. The van der Waals surface area contributed by atoms with Crippen LogP contribution >= 0.6 is 0 Å². The summed E-state index contributed by atoms with van der Waals surface area (Å²) in [6, 6.07) is 10.3. The zero-order chi connectivity index (χ0) is 20.9. The minimum atomic E-state index is -3.76. The Bertz CT molecular complexity index is 1110. The molecule has 0 heterocycles. The highest BCUT2D eigenvalue weighted by Crippen LogP contribution is 2.22. The molecule has 150 valence electrons. The van der Waals surface area contributed by atoms with Gasteiger partial charge in [0.1, 0.15) is 0 Å². The summed E-state index contributed by atoms with van der Waals surface area (Å²) in [6.45, 7) is 5.25. The second kappa shape index (κ2) is 8.55. The van der Waals surface area contributed by atoms with Crippen LogP contribution in [0.2, 0.25) is 0 Å². The van der Waals surface area contributed by atoms with Gasteiger partial charge >= 0.3 is 0 Å². The van der Waals surface area contributed by atoms with Crippen molar-refractivity contribution in [2.24, 2.45) is 0 Å². The highest BCUT2D eigenvalue weighted by atomic mass is 32.2. The fourth-order valence-corrected chi connectivity index (χ4v) is 3.93. The Kier molecular flexibility index (Phi) is 6.60. The van der Waals surface area contributed by atoms with Gasteiger partial charge in [0.25, 0.3) is 5.91 Å². The van der Waals surface area contributed by atoms with Gasteiger partial charge in [-0.15, -0.1) is 6.58 Å². The molecule has 2 aromatic carbocycles. The van der Waals surface area contributed by atoms with Gasteiger partial charge in [-0.25, -0.2) is 21.6 Å². The maximum absolute atomic E-state index is 12.5. The molecule has 0 bridgehead atoms. The molecule has 0 fully saturated rings. The van der Waals surface area contributed by atoms with Crippen LogP contribution in [0.5, 0.6) is 0 Å². The lowest BCUT2D eigenvalue weighted by Gasteiger charge is -2.12. The van der Waals surface area contributed by atoms with E-state index in [9.17, 15) is 21.6 Å². The number of rotatable bonds is 8. The van der Waals surface area contributed by atoms with Crippen LogP contribution in [-0.2, 0) is 20.0 Å². The number of hydrogen-bond acceptors (Lipinski definition) is 5. The molecule has 0 spiro atoms. The van der Waals surface area contributed by atoms with Crippen LogP contribution in [0.25, 0.3) is 0 Å². The number of aryl methyl sites for hydroxylation is 1. The predicted octanol–water partition coefficient (Wildman–Crippen LogP) is 2.08. The molecule has 0 aromatic heterocycles. The van der Waals surface area contributed by atoms with E-state index in [0.29, 0.717) is 16.9 Å². The lowest BCUT2D eigenvalue weighted by atomic mass is 10.1. The van der Waals surface area contributed by atoms with E-state index in [1.54, 1.807) is 19.1 Å². The van der Waals surface area contributed by atoms with Crippen molar-refractivity contribution >= 4 is 37.3 Å². The maximum atomic E-state index is 12.5. The molecule has 0 saturated heterocycles. The molecule has 3 N–H and O–H groups in total. The first-order chi connectivity index (χ1) is 13.0. The summed E-state index contributed by atoms with van der Waals surface area (Å²) < 4.78 is 52.0. The van der Waals surface area contributed by atoms with Crippen LogP contribution in [-0.4, -0.2) is 35.5 Å². The van der Waals surface area contributed by atoms with E-state index in [2.05, 4.69) is 21.3 Å². The van der Waals surface area contributed by atoms with E-state index in [0.717, 1.165) is 6.26 Å². The summed E-state index contributed by atoms with van der Waals surface area (Å²) >= 11 is 0. The fraction of sp³-hybridized carbons (Fsp3) is 0.167. The predicted molar refractivity (Wildman–Crippen MR) is 109 cm³/mol. The van der Waals surface area contributed by atoms with Gasteiger partial charge in [-0.1, -0.05) is 18.2 Å². The van der Waals surface area contributed by atoms with E-state index in [-0.39, 0.29) is 17.0 Å². The Morgan fingerprint density at radius 1 is 1.11 bits per heavy atom. The van der Waals surface area contributed by atoms with E-state index in [4.69, 9.17) is 0 Å². The molecule has 1 amide bonds. The zero-order valence-electron chi connectivity index (χ0n) is 15.4. The summed E-state index contributed by atoms with van der Waals surface area (Å²) in [5, 5.41) is 2.63. The molecule has 2 rings (SSSR count). The second-order valence-electron chi connectivity index (χ2n) is 6.03. The van der Waals surface area contributed by atoms with Crippen LogP contribution in [0.3, 0.4) is 0 Å². The quantitative estimate of drug-likeness (QED) is 0.561. The third-order valence-corrected chi connectivity index (χ3v) is 5.63. The van der Waals surface area contributed by atoms with Crippen molar-refractivity contribution in [3.05, 3.63) is 66.2 Å². The van der Waals surface area contributed by atoms with Gasteiger partial charge in [-0.3, -0.25) is 9.52 Å². The van der Waals surface area contributed by atoms with Crippen LogP contribution in [0.1, 0.15) is 15.9 Å². The van der Waals surface area contributed by atoms with Gasteiger partial charge in [0.2, 0.25) is 20.0 Å². The molecule has 0 aliphatic heterocycles. The summed E-state index contributed by atoms with van der Waals surface area (Å²) in [4.78, 5) is 12.5. The summed E-state index contributed by atoms with van der Waals surface area (Å²) in [5.41, 5.74) is 1.52. The molecule has 0 saturated carbocycles. The Labute approximate surface area is 164 Å².